The van der Waals surface area contributed by atoms with E-state index in [2.05, 4.69) is 0 Å². The number of nitrogens with zero attached hydrogens (tertiary/aromatic N) is 1. The molecule has 0 saturated carbocycles. The van der Waals surface area contributed by atoms with Gasteiger partial charge < -0.3 is 23.9 Å². The molecule has 2 aromatic rings. The Kier molecular flexibility index (Phi) is 4.19. The predicted molar refractivity (Wildman–Crippen MR) is 97.9 cm³/mol. The van der Waals surface area contributed by atoms with E-state index < -0.39 is 11.4 Å². The summed E-state index contributed by atoms with van der Waals surface area (Å²) in [6, 6.07) is 5.22. The summed E-state index contributed by atoms with van der Waals surface area (Å²) in [6.07, 6.45) is 3.69. The Hall–Kier alpha value is -2.80. The number of rotatable bonds is 3. The van der Waals surface area contributed by atoms with Gasteiger partial charge in [0.15, 0.2) is 16.9 Å². The normalized spacial score (nSPS) is 17.1. The average Bonchev–Trinajstić information content (AvgIpc) is 2.67. The Labute approximate surface area is 156 Å². The van der Waals surface area contributed by atoms with E-state index >= 15 is 0 Å². The number of carboxylic acids is 1. The highest BCUT2D eigenvalue weighted by Gasteiger charge is 2.40. The lowest BCUT2D eigenvalue weighted by Gasteiger charge is -2.45. The number of carbonyl (C=O) groups is 1. The van der Waals surface area contributed by atoms with Crippen molar-refractivity contribution in [2.24, 2.45) is 0 Å². The lowest BCUT2D eigenvalue weighted by atomic mass is 9.77. The second-order valence-corrected chi connectivity index (χ2v) is 6.99. The molecule has 3 heterocycles. The summed E-state index contributed by atoms with van der Waals surface area (Å²) in [7, 11) is 3.16. The average molecular weight is 371 g/mol. The molecule has 1 fully saturated rings. The Bertz CT molecular complexity index is 971. The van der Waals surface area contributed by atoms with Crippen molar-refractivity contribution < 1.29 is 24.1 Å². The van der Waals surface area contributed by atoms with Crippen LogP contribution in [0.2, 0.25) is 0 Å². The SMILES string of the molecule is COc1cc2c(cc1OC)-c1cc(=O)c(C(=O)O)cn1C1(CCOCC1)C2. The van der Waals surface area contributed by atoms with Gasteiger partial charge in [0.1, 0.15) is 5.56 Å². The highest BCUT2D eigenvalue weighted by Crippen LogP contribution is 2.46. The summed E-state index contributed by atoms with van der Waals surface area (Å²) in [6.45, 7) is 1.19. The molecule has 1 saturated heterocycles. The molecule has 0 unspecified atom stereocenters. The first-order valence-corrected chi connectivity index (χ1v) is 8.82. The van der Waals surface area contributed by atoms with Gasteiger partial charge in [0.05, 0.1) is 25.5 Å². The summed E-state index contributed by atoms with van der Waals surface area (Å²) >= 11 is 0. The van der Waals surface area contributed by atoms with Crippen LogP contribution in [0.4, 0.5) is 0 Å². The number of benzene rings is 1. The number of pyridine rings is 1. The standard InChI is InChI=1S/C20H21NO6/c1-25-17-7-12-10-20(3-5-27-6-4-20)21-11-14(19(23)24)16(22)9-15(21)13(12)8-18(17)26-2/h7-9,11H,3-6,10H2,1-2H3,(H,23,24). The molecule has 27 heavy (non-hydrogen) atoms. The molecule has 2 aliphatic heterocycles. The van der Waals surface area contributed by atoms with Crippen LogP contribution in [0.5, 0.6) is 11.5 Å². The Morgan fingerprint density at radius 2 is 1.81 bits per heavy atom. The Morgan fingerprint density at radius 3 is 2.44 bits per heavy atom. The van der Waals surface area contributed by atoms with E-state index in [1.807, 2.05) is 16.7 Å². The lowest BCUT2D eigenvalue weighted by molar-refractivity contribution is 0.0199. The van der Waals surface area contributed by atoms with Crippen molar-refractivity contribution in [2.45, 2.75) is 24.8 Å². The van der Waals surface area contributed by atoms with Gasteiger partial charge in [-0.3, -0.25) is 4.79 Å². The summed E-state index contributed by atoms with van der Waals surface area (Å²) < 4.78 is 18.4. The molecule has 142 valence electrons. The lowest BCUT2D eigenvalue weighted by Crippen LogP contribution is -2.45. The third kappa shape index (κ3) is 2.70. The maximum Gasteiger partial charge on any atom is 0.341 e. The molecule has 1 aromatic heterocycles. The van der Waals surface area contributed by atoms with Gasteiger partial charge in [0.25, 0.3) is 0 Å². The maximum atomic E-state index is 12.4. The first-order valence-electron chi connectivity index (χ1n) is 8.82. The fourth-order valence-electron chi connectivity index (χ4n) is 4.21. The smallest absolute Gasteiger partial charge is 0.341 e. The minimum atomic E-state index is -1.21. The van der Waals surface area contributed by atoms with Gasteiger partial charge in [-0.05, 0) is 37.0 Å². The summed E-state index contributed by atoms with van der Waals surface area (Å²) in [5, 5.41) is 9.43. The second kappa shape index (κ2) is 6.42. The van der Waals surface area contributed by atoms with E-state index in [1.54, 1.807) is 14.2 Å². The molecule has 4 rings (SSSR count). The zero-order chi connectivity index (χ0) is 19.2. The van der Waals surface area contributed by atoms with Crippen molar-refractivity contribution in [3.8, 4) is 22.8 Å². The maximum absolute atomic E-state index is 12.4. The Balaban J connectivity index is 2.01. The molecular weight excluding hydrogens is 350 g/mol. The van der Waals surface area contributed by atoms with Gasteiger partial charge in [-0.1, -0.05) is 0 Å². The number of methoxy groups -OCH3 is 2. The summed E-state index contributed by atoms with van der Waals surface area (Å²) in [5.74, 6) is -0.00693. The molecule has 2 aliphatic rings. The van der Waals surface area contributed by atoms with E-state index in [4.69, 9.17) is 14.2 Å². The quantitative estimate of drug-likeness (QED) is 0.891. The number of hydrogen-bond donors (Lipinski definition) is 1. The van der Waals surface area contributed by atoms with Crippen LogP contribution < -0.4 is 14.9 Å². The summed E-state index contributed by atoms with van der Waals surface area (Å²) in [4.78, 5) is 24.0. The molecule has 7 nitrogen and oxygen atoms in total. The second-order valence-electron chi connectivity index (χ2n) is 6.99. The van der Waals surface area contributed by atoms with Crippen LogP contribution >= 0.6 is 0 Å². The van der Waals surface area contributed by atoms with Gasteiger partial charge >= 0.3 is 5.97 Å². The van der Waals surface area contributed by atoms with Crippen LogP contribution in [0.25, 0.3) is 11.3 Å². The number of aromatic nitrogens is 1. The van der Waals surface area contributed by atoms with Crippen molar-refractivity contribution in [1.29, 1.82) is 0 Å². The van der Waals surface area contributed by atoms with Crippen molar-refractivity contribution in [2.75, 3.05) is 27.4 Å². The molecule has 1 spiro atoms. The first kappa shape index (κ1) is 17.6. The van der Waals surface area contributed by atoms with E-state index in [0.717, 1.165) is 24.0 Å². The molecule has 1 N–H and O–H groups in total. The minimum Gasteiger partial charge on any atom is -0.493 e. The van der Waals surface area contributed by atoms with E-state index in [1.165, 1.54) is 12.3 Å². The van der Waals surface area contributed by atoms with Crippen molar-refractivity contribution >= 4 is 5.97 Å². The van der Waals surface area contributed by atoms with Crippen LogP contribution in [-0.2, 0) is 16.7 Å². The van der Waals surface area contributed by atoms with Crippen LogP contribution in [0.1, 0.15) is 28.8 Å². The molecule has 7 heteroatoms. The van der Waals surface area contributed by atoms with Gasteiger partial charge in [0, 0.05) is 31.0 Å². The Morgan fingerprint density at radius 1 is 1.15 bits per heavy atom. The van der Waals surface area contributed by atoms with Crippen molar-refractivity contribution in [1.82, 2.24) is 4.57 Å². The number of ether oxygens (including phenoxy) is 3. The highest BCUT2D eigenvalue weighted by molar-refractivity contribution is 5.88. The molecule has 1 aromatic carbocycles. The summed E-state index contributed by atoms with van der Waals surface area (Å²) in [5.41, 5.74) is 1.58. The van der Waals surface area contributed by atoms with E-state index in [9.17, 15) is 14.7 Å². The number of fused-ring (bicyclic) bond motifs is 4. The monoisotopic (exact) mass is 371 g/mol. The topological polar surface area (TPSA) is 87.0 Å². The fourth-order valence-corrected chi connectivity index (χ4v) is 4.21. The van der Waals surface area contributed by atoms with Gasteiger partial charge in [-0.25, -0.2) is 4.79 Å². The van der Waals surface area contributed by atoms with Crippen LogP contribution in [-0.4, -0.2) is 43.1 Å². The van der Waals surface area contributed by atoms with Gasteiger partial charge in [-0.2, -0.15) is 0 Å². The third-order valence-electron chi connectivity index (χ3n) is 5.62. The largest absolute Gasteiger partial charge is 0.493 e. The molecule has 0 radical (unpaired) electrons. The number of carboxylic acid groups (broad SMARTS) is 1. The molecule has 0 bridgehead atoms. The van der Waals surface area contributed by atoms with E-state index in [0.29, 0.717) is 36.8 Å². The zero-order valence-corrected chi connectivity index (χ0v) is 15.3. The molecule has 0 amide bonds. The van der Waals surface area contributed by atoms with Crippen molar-refractivity contribution in [3.63, 3.8) is 0 Å². The minimum absolute atomic E-state index is 0.214. The van der Waals surface area contributed by atoms with E-state index in [-0.39, 0.29) is 11.1 Å². The fraction of sp³-hybridized carbons (Fsp3) is 0.400. The molecule has 0 atom stereocenters. The van der Waals surface area contributed by atoms with Gasteiger partial charge in [-0.15, -0.1) is 0 Å². The van der Waals surface area contributed by atoms with Crippen LogP contribution in [0.15, 0.2) is 29.2 Å². The molecular formula is C20H21NO6. The predicted octanol–water partition coefficient (Wildman–Crippen LogP) is 2.29. The van der Waals surface area contributed by atoms with Crippen LogP contribution in [0.3, 0.4) is 0 Å². The third-order valence-corrected chi connectivity index (χ3v) is 5.62. The number of aromatic carboxylic acids is 1. The zero-order valence-electron chi connectivity index (χ0n) is 15.3. The van der Waals surface area contributed by atoms with Gasteiger partial charge in [0.2, 0.25) is 0 Å². The number of hydrogen-bond acceptors (Lipinski definition) is 5. The van der Waals surface area contributed by atoms with Crippen molar-refractivity contribution in [3.05, 3.63) is 45.7 Å². The first-order chi connectivity index (χ1) is 13.0. The van der Waals surface area contributed by atoms with Crippen LogP contribution in [0, 0.1) is 0 Å². The highest BCUT2D eigenvalue weighted by atomic mass is 16.5. The molecule has 0 aliphatic carbocycles.